The molecule has 0 unspecified atom stereocenters. The molecule has 0 fully saturated rings. The van der Waals surface area contributed by atoms with E-state index in [1.54, 1.807) is 0 Å². The molecule has 0 aliphatic heterocycles. The number of anilines is 1. The number of hydrogen-bond acceptors (Lipinski definition) is 4. The third-order valence-corrected chi connectivity index (χ3v) is 2.45. The second kappa shape index (κ2) is 3.66. The van der Waals surface area contributed by atoms with Gasteiger partial charge in [0.25, 0.3) is 6.43 Å². The predicted molar refractivity (Wildman–Crippen MR) is 44.9 cm³/mol. The van der Waals surface area contributed by atoms with Crippen molar-refractivity contribution >= 4 is 15.8 Å². The molecular weight excluding hydrogens is 235 g/mol. The monoisotopic (exact) mass is 241 g/mol. The largest absolute Gasteiger partial charge is 0.383 e. The van der Waals surface area contributed by atoms with Crippen LogP contribution in [0.1, 0.15) is 12.1 Å². The molecule has 0 bridgehead atoms. The molecule has 0 aliphatic rings. The van der Waals surface area contributed by atoms with Crippen LogP contribution in [0.5, 0.6) is 0 Å². The fraction of sp³-hybridized carbons (Fsp3) is 0.167. The first-order chi connectivity index (χ1) is 6.73. The highest BCUT2D eigenvalue weighted by Crippen LogP contribution is 2.24. The lowest BCUT2D eigenvalue weighted by atomic mass is 10.3. The molecule has 1 heterocycles. The zero-order valence-electron chi connectivity index (χ0n) is 7.12. The van der Waals surface area contributed by atoms with Crippen LogP contribution in [0.2, 0.25) is 0 Å². The van der Waals surface area contributed by atoms with E-state index in [2.05, 4.69) is 10.1 Å². The summed E-state index contributed by atoms with van der Waals surface area (Å²) in [5.74, 6) is -2.22. The summed E-state index contributed by atoms with van der Waals surface area (Å²) in [6.45, 7) is 0. The van der Waals surface area contributed by atoms with Crippen molar-refractivity contribution in [2.45, 2.75) is 11.3 Å². The van der Waals surface area contributed by atoms with Crippen LogP contribution in [-0.2, 0) is 10.0 Å². The average molecular weight is 241 g/mol. The molecule has 84 valence electrons. The molecule has 15 heavy (non-hydrogen) atoms. The van der Waals surface area contributed by atoms with E-state index in [0.29, 0.717) is 6.07 Å². The van der Waals surface area contributed by atoms with Crippen LogP contribution in [-0.4, -0.2) is 13.4 Å². The second-order valence-electron chi connectivity index (χ2n) is 2.58. The molecule has 0 saturated heterocycles. The predicted octanol–water partition coefficient (Wildman–Crippen LogP) is 0.388. The van der Waals surface area contributed by atoms with Gasteiger partial charge in [-0.3, -0.25) is 0 Å². The summed E-state index contributed by atoms with van der Waals surface area (Å²) < 4.78 is 58.7. The van der Waals surface area contributed by atoms with E-state index in [0.717, 1.165) is 0 Å². The lowest BCUT2D eigenvalue weighted by Crippen LogP contribution is -2.16. The van der Waals surface area contributed by atoms with Gasteiger partial charge in [-0.2, -0.15) is 0 Å². The van der Waals surface area contributed by atoms with Gasteiger partial charge in [0.2, 0.25) is 10.0 Å². The number of aromatic nitrogens is 1. The maximum Gasteiger partial charge on any atom is 0.283 e. The Morgan fingerprint density at radius 3 is 2.33 bits per heavy atom. The summed E-state index contributed by atoms with van der Waals surface area (Å²) >= 11 is 0. The van der Waals surface area contributed by atoms with E-state index < -0.39 is 38.7 Å². The van der Waals surface area contributed by atoms with E-state index in [1.165, 1.54) is 0 Å². The van der Waals surface area contributed by atoms with E-state index in [4.69, 9.17) is 5.73 Å². The zero-order valence-corrected chi connectivity index (χ0v) is 7.93. The van der Waals surface area contributed by atoms with Gasteiger partial charge in [-0.25, -0.2) is 31.7 Å². The van der Waals surface area contributed by atoms with Gasteiger partial charge in [-0.05, 0) is 6.07 Å². The zero-order chi connectivity index (χ0) is 11.8. The van der Waals surface area contributed by atoms with Crippen molar-refractivity contribution in [1.29, 1.82) is 0 Å². The molecule has 1 aromatic rings. The SMILES string of the molecule is Nc1nc(C(F)F)c(F)cc1S(N)(=O)=O. The van der Waals surface area contributed by atoms with E-state index in [9.17, 15) is 21.6 Å². The number of nitrogens with zero attached hydrogens (tertiary/aromatic N) is 1. The maximum atomic E-state index is 12.9. The standard InChI is InChI=1S/C6H6F3N3O2S/c7-2-1-3(15(11,13)14)6(10)12-4(2)5(8)9/h1,5H,(H2,10,12)(H2,11,13,14). The molecule has 0 saturated carbocycles. The Morgan fingerprint density at radius 2 is 1.93 bits per heavy atom. The van der Waals surface area contributed by atoms with Gasteiger partial charge in [0.15, 0.2) is 5.82 Å². The van der Waals surface area contributed by atoms with Crippen molar-refractivity contribution in [3.8, 4) is 0 Å². The van der Waals surface area contributed by atoms with Crippen LogP contribution in [0.4, 0.5) is 19.0 Å². The smallest absolute Gasteiger partial charge is 0.283 e. The van der Waals surface area contributed by atoms with Crippen LogP contribution in [0.15, 0.2) is 11.0 Å². The Balaban J connectivity index is 3.46. The number of nitrogen functional groups attached to an aromatic ring is 1. The normalized spacial score (nSPS) is 12.1. The Kier molecular flexibility index (Phi) is 2.86. The summed E-state index contributed by atoms with van der Waals surface area (Å²) in [6, 6.07) is 0.319. The summed E-state index contributed by atoms with van der Waals surface area (Å²) in [5, 5.41) is 4.65. The number of pyridine rings is 1. The third-order valence-electron chi connectivity index (χ3n) is 1.51. The first-order valence-corrected chi connectivity index (χ1v) is 5.05. The van der Waals surface area contributed by atoms with Gasteiger partial charge in [0, 0.05) is 0 Å². The van der Waals surface area contributed by atoms with Crippen molar-refractivity contribution in [2.24, 2.45) is 5.14 Å². The number of halogens is 3. The minimum Gasteiger partial charge on any atom is -0.383 e. The minimum atomic E-state index is -4.27. The fourth-order valence-electron chi connectivity index (χ4n) is 0.882. The molecule has 1 rings (SSSR count). The third kappa shape index (κ3) is 2.36. The van der Waals surface area contributed by atoms with E-state index in [1.807, 2.05) is 0 Å². The molecule has 0 aliphatic carbocycles. The van der Waals surface area contributed by atoms with Crippen LogP contribution in [0, 0.1) is 5.82 Å². The van der Waals surface area contributed by atoms with Crippen LogP contribution in [0.3, 0.4) is 0 Å². The van der Waals surface area contributed by atoms with Crippen molar-refractivity contribution in [3.05, 3.63) is 17.6 Å². The molecule has 9 heteroatoms. The first-order valence-electron chi connectivity index (χ1n) is 3.50. The van der Waals surface area contributed by atoms with Gasteiger partial charge in [0.05, 0.1) is 0 Å². The quantitative estimate of drug-likeness (QED) is 0.782. The van der Waals surface area contributed by atoms with Gasteiger partial charge in [-0.1, -0.05) is 0 Å². The van der Waals surface area contributed by atoms with E-state index in [-0.39, 0.29) is 0 Å². The van der Waals surface area contributed by atoms with Gasteiger partial charge in [0.1, 0.15) is 16.4 Å². The van der Waals surface area contributed by atoms with E-state index >= 15 is 0 Å². The summed E-state index contributed by atoms with van der Waals surface area (Å²) in [4.78, 5) is 2.12. The Bertz CT molecular complexity index is 489. The molecule has 5 nitrogen and oxygen atoms in total. The number of rotatable bonds is 2. The van der Waals surface area contributed by atoms with Crippen molar-refractivity contribution in [2.75, 3.05) is 5.73 Å². The Hall–Kier alpha value is -1.35. The average Bonchev–Trinajstić information content (AvgIpc) is 2.06. The number of hydrogen-bond donors (Lipinski definition) is 2. The molecule has 0 aromatic carbocycles. The molecular formula is C6H6F3N3O2S. The summed E-state index contributed by atoms with van der Waals surface area (Å²) in [6.07, 6.45) is -3.18. The number of sulfonamides is 1. The lowest BCUT2D eigenvalue weighted by Gasteiger charge is -2.06. The van der Waals surface area contributed by atoms with Crippen LogP contribution in [0.25, 0.3) is 0 Å². The lowest BCUT2D eigenvalue weighted by molar-refractivity contribution is 0.140. The fourth-order valence-corrected chi connectivity index (χ4v) is 1.49. The topological polar surface area (TPSA) is 99.1 Å². The van der Waals surface area contributed by atoms with Crippen LogP contribution >= 0.6 is 0 Å². The molecule has 0 amide bonds. The maximum absolute atomic E-state index is 12.9. The molecule has 4 N–H and O–H groups in total. The number of alkyl halides is 2. The van der Waals surface area contributed by atoms with Gasteiger partial charge < -0.3 is 5.73 Å². The molecule has 1 aromatic heterocycles. The Morgan fingerprint density at radius 1 is 1.40 bits per heavy atom. The molecule has 0 spiro atoms. The number of primary sulfonamides is 1. The Labute approximate surface area is 83.0 Å². The minimum absolute atomic E-state index is 0.319. The molecule has 0 radical (unpaired) electrons. The first kappa shape index (κ1) is 11.7. The second-order valence-corrected chi connectivity index (χ2v) is 4.11. The van der Waals surface area contributed by atoms with Crippen molar-refractivity contribution in [1.82, 2.24) is 4.98 Å². The van der Waals surface area contributed by atoms with Crippen molar-refractivity contribution in [3.63, 3.8) is 0 Å². The van der Waals surface area contributed by atoms with Crippen LogP contribution < -0.4 is 10.9 Å². The highest BCUT2D eigenvalue weighted by molar-refractivity contribution is 7.89. The van der Waals surface area contributed by atoms with Gasteiger partial charge in [-0.15, -0.1) is 0 Å². The summed E-state index contributed by atoms with van der Waals surface area (Å²) in [7, 11) is -4.27. The highest BCUT2D eigenvalue weighted by Gasteiger charge is 2.22. The number of nitrogens with two attached hydrogens (primary N) is 2. The van der Waals surface area contributed by atoms with Crippen molar-refractivity contribution < 1.29 is 21.6 Å². The van der Waals surface area contributed by atoms with Gasteiger partial charge >= 0.3 is 0 Å². The summed E-state index contributed by atoms with van der Waals surface area (Å²) in [5.41, 5.74) is 3.84. The highest BCUT2D eigenvalue weighted by atomic mass is 32.2. The molecule has 0 atom stereocenters.